The Morgan fingerprint density at radius 1 is 0.923 bits per heavy atom. The Balaban J connectivity index is 1.45. The summed E-state index contributed by atoms with van der Waals surface area (Å²) in [5.41, 5.74) is 2.89. The number of nitrogens with zero attached hydrogens (tertiary/aromatic N) is 1. The quantitative estimate of drug-likeness (QED) is 0.836. The zero-order valence-corrected chi connectivity index (χ0v) is 14.9. The lowest BCUT2D eigenvalue weighted by molar-refractivity contribution is -0.121. The molecule has 0 radical (unpaired) electrons. The van der Waals surface area contributed by atoms with Gasteiger partial charge in [-0.1, -0.05) is 42.5 Å². The summed E-state index contributed by atoms with van der Waals surface area (Å²) in [6, 6.07) is 17.6. The Morgan fingerprint density at radius 2 is 1.65 bits per heavy atom. The van der Waals surface area contributed by atoms with Crippen LogP contribution in [-0.4, -0.2) is 29.9 Å². The first-order chi connectivity index (χ1) is 12.7. The van der Waals surface area contributed by atoms with E-state index in [0.29, 0.717) is 13.0 Å². The first-order valence-electron chi connectivity index (χ1n) is 9.16. The summed E-state index contributed by atoms with van der Waals surface area (Å²) in [4.78, 5) is 26.0. The Kier molecular flexibility index (Phi) is 6.25. The largest absolute Gasteiger partial charge is 0.352 e. The molecule has 1 aliphatic rings. The summed E-state index contributed by atoms with van der Waals surface area (Å²) < 4.78 is 0. The number of anilines is 1. The number of amides is 3. The van der Waals surface area contributed by atoms with Crippen LogP contribution in [0.4, 0.5) is 10.5 Å². The molecule has 1 heterocycles. The topological polar surface area (TPSA) is 61.4 Å². The van der Waals surface area contributed by atoms with Crippen LogP contribution in [0, 0.1) is 0 Å². The zero-order chi connectivity index (χ0) is 18.2. The molecule has 1 saturated heterocycles. The fourth-order valence-corrected chi connectivity index (χ4v) is 3.07. The van der Waals surface area contributed by atoms with Crippen molar-refractivity contribution < 1.29 is 9.59 Å². The fourth-order valence-electron chi connectivity index (χ4n) is 3.07. The van der Waals surface area contributed by atoms with Crippen LogP contribution >= 0.6 is 0 Å². The molecule has 5 heteroatoms. The first kappa shape index (κ1) is 18.0. The number of urea groups is 1. The van der Waals surface area contributed by atoms with Gasteiger partial charge in [0.25, 0.3) is 0 Å². The molecule has 26 heavy (non-hydrogen) atoms. The molecule has 0 spiro atoms. The maximum absolute atomic E-state index is 12.2. The minimum Gasteiger partial charge on any atom is -0.352 e. The zero-order valence-electron chi connectivity index (χ0n) is 14.9. The molecule has 1 fully saturated rings. The molecule has 0 saturated carbocycles. The summed E-state index contributed by atoms with van der Waals surface area (Å²) in [6.07, 6.45) is 3.35. The lowest BCUT2D eigenvalue weighted by Crippen LogP contribution is -2.32. The third kappa shape index (κ3) is 5.34. The Bertz CT molecular complexity index is 740. The number of carbonyl (C=O) groups is 2. The van der Waals surface area contributed by atoms with E-state index in [-0.39, 0.29) is 11.9 Å². The summed E-state index contributed by atoms with van der Waals surface area (Å²) in [6.45, 7) is 2.10. The molecule has 0 atom stereocenters. The predicted molar refractivity (Wildman–Crippen MR) is 103 cm³/mol. The van der Waals surface area contributed by atoms with Gasteiger partial charge in [-0.15, -0.1) is 0 Å². The minimum absolute atomic E-state index is 0.0281. The normalized spacial score (nSPS) is 13.5. The first-order valence-corrected chi connectivity index (χ1v) is 9.16. The van der Waals surface area contributed by atoms with Gasteiger partial charge in [0.2, 0.25) is 5.91 Å². The molecular weight excluding hydrogens is 326 g/mol. The van der Waals surface area contributed by atoms with Crippen LogP contribution in [0.3, 0.4) is 0 Å². The third-order valence-corrected chi connectivity index (χ3v) is 4.54. The maximum Gasteiger partial charge on any atom is 0.321 e. The standard InChI is InChI=1S/C21H25N3O2/c25-20(12-11-17-7-2-1-3-8-17)22-16-18-9-6-10-19(15-18)23-21(26)24-13-4-5-14-24/h1-3,6-10,15H,4-5,11-14,16H2,(H,22,25)(H,23,26). The second-order valence-electron chi connectivity index (χ2n) is 6.59. The van der Waals surface area contributed by atoms with Gasteiger partial charge in [0.05, 0.1) is 0 Å². The van der Waals surface area contributed by atoms with Crippen molar-refractivity contribution in [1.29, 1.82) is 0 Å². The molecule has 3 rings (SSSR count). The van der Waals surface area contributed by atoms with Crippen molar-refractivity contribution >= 4 is 17.6 Å². The van der Waals surface area contributed by atoms with Crippen LogP contribution in [0.1, 0.15) is 30.4 Å². The Labute approximate surface area is 154 Å². The molecule has 0 unspecified atom stereocenters. The number of carbonyl (C=O) groups excluding carboxylic acids is 2. The van der Waals surface area contributed by atoms with Crippen LogP contribution < -0.4 is 10.6 Å². The van der Waals surface area contributed by atoms with Crippen molar-refractivity contribution in [2.45, 2.75) is 32.2 Å². The average Bonchev–Trinajstić information content (AvgIpc) is 3.21. The van der Waals surface area contributed by atoms with Gasteiger partial charge in [-0.05, 0) is 42.5 Å². The van der Waals surface area contributed by atoms with Crippen molar-refractivity contribution in [2.75, 3.05) is 18.4 Å². The van der Waals surface area contributed by atoms with Crippen LogP contribution in [0.15, 0.2) is 54.6 Å². The van der Waals surface area contributed by atoms with Gasteiger partial charge in [-0.25, -0.2) is 4.79 Å². The molecule has 0 aromatic heterocycles. The molecular formula is C21H25N3O2. The average molecular weight is 351 g/mol. The smallest absolute Gasteiger partial charge is 0.321 e. The second-order valence-corrected chi connectivity index (χ2v) is 6.59. The van der Waals surface area contributed by atoms with Crippen molar-refractivity contribution in [3.05, 3.63) is 65.7 Å². The number of aryl methyl sites for hydroxylation is 1. The monoisotopic (exact) mass is 351 g/mol. The molecule has 1 aliphatic heterocycles. The number of nitrogens with one attached hydrogen (secondary N) is 2. The number of rotatable bonds is 6. The van der Waals surface area contributed by atoms with E-state index in [0.717, 1.165) is 49.2 Å². The molecule has 136 valence electrons. The summed E-state index contributed by atoms with van der Waals surface area (Å²) in [5.74, 6) is 0.0281. The number of hydrogen-bond acceptors (Lipinski definition) is 2. The highest BCUT2D eigenvalue weighted by molar-refractivity contribution is 5.89. The van der Waals surface area contributed by atoms with Gasteiger partial charge in [0, 0.05) is 31.7 Å². The Hall–Kier alpha value is -2.82. The summed E-state index contributed by atoms with van der Waals surface area (Å²) in [5, 5.41) is 5.88. The highest BCUT2D eigenvalue weighted by Gasteiger charge is 2.17. The van der Waals surface area contributed by atoms with Gasteiger partial charge >= 0.3 is 6.03 Å². The fraction of sp³-hybridized carbons (Fsp3) is 0.333. The van der Waals surface area contributed by atoms with E-state index in [1.165, 1.54) is 0 Å². The lowest BCUT2D eigenvalue weighted by atomic mass is 10.1. The summed E-state index contributed by atoms with van der Waals surface area (Å²) in [7, 11) is 0. The number of likely N-dealkylation sites (tertiary alicyclic amines) is 1. The van der Waals surface area contributed by atoms with E-state index in [1.54, 1.807) is 0 Å². The van der Waals surface area contributed by atoms with E-state index in [2.05, 4.69) is 10.6 Å². The van der Waals surface area contributed by atoms with E-state index in [9.17, 15) is 9.59 Å². The van der Waals surface area contributed by atoms with Crippen molar-refractivity contribution in [2.24, 2.45) is 0 Å². The second kappa shape index (κ2) is 9.04. The van der Waals surface area contributed by atoms with Gasteiger partial charge in [0.15, 0.2) is 0 Å². The predicted octanol–water partition coefficient (Wildman–Crippen LogP) is 3.56. The van der Waals surface area contributed by atoms with E-state index in [4.69, 9.17) is 0 Å². The van der Waals surface area contributed by atoms with Crippen LogP contribution in [-0.2, 0) is 17.8 Å². The highest BCUT2D eigenvalue weighted by Crippen LogP contribution is 2.14. The van der Waals surface area contributed by atoms with Crippen molar-refractivity contribution in [1.82, 2.24) is 10.2 Å². The lowest BCUT2D eigenvalue weighted by Gasteiger charge is -2.16. The van der Waals surface area contributed by atoms with Gasteiger partial charge < -0.3 is 15.5 Å². The van der Waals surface area contributed by atoms with E-state index < -0.39 is 0 Å². The van der Waals surface area contributed by atoms with E-state index in [1.807, 2.05) is 59.5 Å². The van der Waals surface area contributed by atoms with Crippen LogP contribution in [0.25, 0.3) is 0 Å². The van der Waals surface area contributed by atoms with Gasteiger partial charge in [-0.2, -0.15) is 0 Å². The molecule has 0 bridgehead atoms. The molecule has 0 aliphatic carbocycles. The van der Waals surface area contributed by atoms with Gasteiger partial charge in [0.1, 0.15) is 0 Å². The Morgan fingerprint density at radius 3 is 2.42 bits per heavy atom. The van der Waals surface area contributed by atoms with E-state index >= 15 is 0 Å². The summed E-state index contributed by atoms with van der Waals surface area (Å²) >= 11 is 0. The van der Waals surface area contributed by atoms with Gasteiger partial charge in [-0.3, -0.25) is 4.79 Å². The molecule has 2 N–H and O–H groups in total. The van der Waals surface area contributed by atoms with Crippen molar-refractivity contribution in [3.63, 3.8) is 0 Å². The number of hydrogen-bond donors (Lipinski definition) is 2. The SMILES string of the molecule is O=C(CCc1ccccc1)NCc1cccc(NC(=O)N2CCCC2)c1. The molecule has 2 aromatic carbocycles. The minimum atomic E-state index is -0.0495. The number of benzene rings is 2. The van der Waals surface area contributed by atoms with Crippen LogP contribution in [0.5, 0.6) is 0 Å². The third-order valence-electron chi connectivity index (χ3n) is 4.54. The highest BCUT2D eigenvalue weighted by atomic mass is 16.2. The molecule has 3 amide bonds. The molecule has 5 nitrogen and oxygen atoms in total. The molecule has 2 aromatic rings. The maximum atomic E-state index is 12.2. The van der Waals surface area contributed by atoms with Crippen molar-refractivity contribution in [3.8, 4) is 0 Å². The van der Waals surface area contributed by atoms with Crippen LogP contribution in [0.2, 0.25) is 0 Å².